The van der Waals surface area contributed by atoms with Gasteiger partial charge in [0.05, 0.1) is 0 Å². The van der Waals surface area contributed by atoms with Gasteiger partial charge in [0.25, 0.3) is 0 Å². The third-order valence-corrected chi connectivity index (χ3v) is 4.76. The molecule has 120 valence electrons. The van der Waals surface area contributed by atoms with Crippen LogP contribution in [-0.4, -0.2) is 49.6 Å². The van der Waals surface area contributed by atoms with Crippen molar-refractivity contribution in [2.24, 2.45) is 5.92 Å². The molecule has 2 saturated heterocycles. The lowest BCUT2D eigenvalue weighted by molar-refractivity contribution is -0.137. The summed E-state index contributed by atoms with van der Waals surface area (Å²) in [7, 11) is 0. The molecular weight excluding hydrogens is 281 g/mol. The molecule has 1 amide bonds. The normalized spacial score (nSPS) is 26.1. The van der Waals surface area contributed by atoms with Crippen molar-refractivity contribution in [2.75, 3.05) is 37.6 Å². The Morgan fingerprint density at radius 2 is 1.86 bits per heavy atom. The Morgan fingerprint density at radius 1 is 1.18 bits per heavy atom. The molecule has 0 aromatic heterocycles. The van der Waals surface area contributed by atoms with E-state index in [1.165, 1.54) is 12.1 Å². The smallest absolute Gasteiger partial charge is 0.225 e. The molecule has 0 radical (unpaired) electrons. The van der Waals surface area contributed by atoms with Crippen LogP contribution in [0.3, 0.4) is 0 Å². The Balaban J connectivity index is 1.55. The van der Waals surface area contributed by atoms with Gasteiger partial charge in [-0.3, -0.25) is 4.79 Å². The van der Waals surface area contributed by atoms with Crippen molar-refractivity contribution in [1.29, 1.82) is 0 Å². The molecule has 5 heteroatoms. The number of amides is 1. The van der Waals surface area contributed by atoms with Crippen LogP contribution >= 0.6 is 0 Å². The molecule has 1 aromatic rings. The number of rotatable bonds is 2. The highest BCUT2D eigenvalue weighted by atomic mass is 19.1. The minimum absolute atomic E-state index is 0.175. The summed E-state index contributed by atoms with van der Waals surface area (Å²) in [4.78, 5) is 16.8. The Morgan fingerprint density at radius 3 is 2.50 bits per heavy atom. The van der Waals surface area contributed by atoms with Crippen LogP contribution in [0.5, 0.6) is 0 Å². The molecule has 2 aliphatic rings. The molecule has 2 heterocycles. The van der Waals surface area contributed by atoms with Crippen molar-refractivity contribution in [3.63, 3.8) is 0 Å². The van der Waals surface area contributed by atoms with E-state index in [4.69, 9.17) is 0 Å². The van der Waals surface area contributed by atoms with E-state index in [0.29, 0.717) is 11.9 Å². The zero-order valence-electron chi connectivity index (χ0n) is 13.1. The SMILES string of the molecule is C[C@H]1C[C@@H](C(=O)N2CCN(c3ccc(F)cc3)CC2)CCN1. The van der Waals surface area contributed by atoms with Crippen molar-refractivity contribution in [3.05, 3.63) is 30.1 Å². The van der Waals surface area contributed by atoms with E-state index >= 15 is 0 Å². The third kappa shape index (κ3) is 3.40. The van der Waals surface area contributed by atoms with Crippen LogP contribution in [0, 0.1) is 11.7 Å². The van der Waals surface area contributed by atoms with E-state index in [0.717, 1.165) is 51.3 Å². The van der Waals surface area contributed by atoms with Crippen LogP contribution in [-0.2, 0) is 4.79 Å². The largest absolute Gasteiger partial charge is 0.368 e. The molecule has 2 atom stereocenters. The summed E-state index contributed by atoms with van der Waals surface area (Å²) in [6, 6.07) is 7.03. The van der Waals surface area contributed by atoms with E-state index in [1.807, 2.05) is 4.90 Å². The van der Waals surface area contributed by atoms with Gasteiger partial charge < -0.3 is 15.1 Å². The van der Waals surface area contributed by atoms with E-state index in [-0.39, 0.29) is 11.7 Å². The molecule has 0 spiro atoms. The van der Waals surface area contributed by atoms with Gasteiger partial charge in [0.1, 0.15) is 5.82 Å². The highest BCUT2D eigenvalue weighted by Crippen LogP contribution is 2.21. The highest BCUT2D eigenvalue weighted by molar-refractivity contribution is 5.79. The van der Waals surface area contributed by atoms with Crippen molar-refractivity contribution in [2.45, 2.75) is 25.8 Å². The van der Waals surface area contributed by atoms with Gasteiger partial charge in [-0.15, -0.1) is 0 Å². The number of hydrogen-bond acceptors (Lipinski definition) is 3. The van der Waals surface area contributed by atoms with Gasteiger partial charge in [-0.1, -0.05) is 0 Å². The molecule has 22 heavy (non-hydrogen) atoms. The maximum absolute atomic E-state index is 13.0. The number of carbonyl (C=O) groups excluding carboxylic acids is 1. The predicted octanol–water partition coefficient (Wildman–Crippen LogP) is 1.86. The molecule has 0 saturated carbocycles. The van der Waals surface area contributed by atoms with Crippen LogP contribution in [0.25, 0.3) is 0 Å². The fourth-order valence-corrected chi connectivity index (χ4v) is 3.45. The lowest BCUT2D eigenvalue weighted by Gasteiger charge is -2.39. The molecule has 1 N–H and O–H groups in total. The van der Waals surface area contributed by atoms with Crippen LogP contribution in [0.2, 0.25) is 0 Å². The number of piperidine rings is 1. The van der Waals surface area contributed by atoms with E-state index in [1.54, 1.807) is 12.1 Å². The molecular formula is C17H24FN3O. The van der Waals surface area contributed by atoms with Gasteiger partial charge in [-0.05, 0) is 50.6 Å². The quantitative estimate of drug-likeness (QED) is 0.906. The first-order valence-electron chi connectivity index (χ1n) is 8.16. The van der Waals surface area contributed by atoms with Gasteiger partial charge in [0.2, 0.25) is 5.91 Å². The van der Waals surface area contributed by atoms with Crippen LogP contribution in [0.1, 0.15) is 19.8 Å². The first-order chi connectivity index (χ1) is 10.6. The monoisotopic (exact) mass is 305 g/mol. The fraction of sp³-hybridized carbons (Fsp3) is 0.588. The van der Waals surface area contributed by atoms with Crippen molar-refractivity contribution in [3.8, 4) is 0 Å². The van der Waals surface area contributed by atoms with Crippen molar-refractivity contribution >= 4 is 11.6 Å². The third-order valence-electron chi connectivity index (χ3n) is 4.76. The molecule has 2 aliphatic heterocycles. The highest BCUT2D eigenvalue weighted by Gasteiger charge is 2.30. The summed E-state index contributed by atoms with van der Waals surface area (Å²) in [6.45, 7) is 6.23. The first-order valence-corrected chi connectivity index (χ1v) is 8.16. The maximum Gasteiger partial charge on any atom is 0.225 e. The second kappa shape index (κ2) is 6.65. The minimum Gasteiger partial charge on any atom is -0.368 e. The summed E-state index contributed by atoms with van der Waals surface area (Å²) in [6.07, 6.45) is 1.89. The molecule has 2 fully saturated rings. The summed E-state index contributed by atoms with van der Waals surface area (Å²) in [5.41, 5.74) is 1.03. The summed E-state index contributed by atoms with van der Waals surface area (Å²) >= 11 is 0. The maximum atomic E-state index is 13.0. The van der Waals surface area contributed by atoms with Gasteiger partial charge in [-0.25, -0.2) is 4.39 Å². The second-order valence-corrected chi connectivity index (χ2v) is 6.37. The Kier molecular flexibility index (Phi) is 4.62. The molecule has 0 unspecified atom stereocenters. The molecule has 1 aromatic carbocycles. The number of benzene rings is 1. The summed E-state index contributed by atoms with van der Waals surface area (Å²) in [5.74, 6) is 0.276. The number of halogens is 1. The molecule has 0 bridgehead atoms. The van der Waals surface area contributed by atoms with Gasteiger partial charge in [0, 0.05) is 43.8 Å². The standard InChI is InChI=1S/C17H24FN3O/c1-13-12-14(6-7-19-13)17(22)21-10-8-20(9-11-21)16-4-2-15(18)3-5-16/h2-5,13-14,19H,6-12H2,1H3/t13-,14-/m0/s1. The Labute approximate surface area is 131 Å². The minimum atomic E-state index is -0.211. The average Bonchev–Trinajstić information content (AvgIpc) is 2.55. The number of nitrogens with one attached hydrogen (secondary N) is 1. The Hall–Kier alpha value is -1.62. The first kappa shape index (κ1) is 15.3. The number of piperazine rings is 1. The second-order valence-electron chi connectivity index (χ2n) is 6.37. The predicted molar refractivity (Wildman–Crippen MR) is 85.4 cm³/mol. The summed E-state index contributed by atoms with van der Waals surface area (Å²) < 4.78 is 13.0. The van der Waals surface area contributed by atoms with E-state index < -0.39 is 0 Å². The van der Waals surface area contributed by atoms with Gasteiger partial charge in [-0.2, -0.15) is 0 Å². The zero-order chi connectivity index (χ0) is 15.5. The lowest BCUT2D eigenvalue weighted by Crippen LogP contribution is -2.52. The van der Waals surface area contributed by atoms with Crippen molar-refractivity contribution in [1.82, 2.24) is 10.2 Å². The van der Waals surface area contributed by atoms with Gasteiger partial charge in [0.15, 0.2) is 0 Å². The zero-order valence-corrected chi connectivity index (χ0v) is 13.1. The number of carbonyl (C=O) groups is 1. The molecule has 3 rings (SSSR count). The number of hydrogen-bond donors (Lipinski definition) is 1. The average molecular weight is 305 g/mol. The number of anilines is 1. The van der Waals surface area contributed by atoms with Crippen LogP contribution in [0.15, 0.2) is 24.3 Å². The van der Waals surface area contributed by atoms with E-state index in [2.05, 4.69) is 17.1 Å². The topological polar surface area (TPSA) is 35.6 Å². The summed E-state index contributed by atoms with van der Waals surface area (Å²) in [5, 5.41) is 3.39. The number of nitrogens with zero attached hydrogens (tertiary/aromatic N) is 2. The van der Waals surface area contributed by atoms with Gasteiger partial charge >= 0.3 is 0 Å². The van der Waals surface area contributed by atoms with Crippen LogP contribution < -0.4 is 10.2 Å². The Bertz CT molecular complexity index is 511. The molecule has 4 nitrogen and oxygen atoms in total. The van der Waals surface area contributed by atoms with Crippen molar-refractivity contribution < 1.29 is 9.18 Å². The lowest BCUT2D eigenvalue weighted by atomic mass is 9.92. The molecule has 0 aliphatic carbocycles. The fourth-order valence-electron chi connectivity index (χ4n) is 3.45. The van der Waals surface area contributed by atoms with E-state index in [9.17, 15) is 9.18 Å². The van der Waals surface area contributed by atoms with Crippen LogP contribution in [0.4, 0.5) is 10.1 Å².